The van der Waals surface area contributed by atoms with E-state index in [1.165, 1.54) is 0 Å². The lowest BCUT2D eigenvalue weighted by Gasteiger charge is -2.36. The molecule has 5 nitrogen and oxygen atoms in total. The predicted molar refractivity (Wildman–Crippen MR) is 81.3 cm³/mol. The first-order valence-electron chi connectivity index (χ1n) is 7.40. The number of amides is 1. The number of carbonyl (C=O) groups is 1. The Labute approximate surface area is 120 Å². The SMILES string of the molecule is Cc1[nH]nc(NC(=O)C2CCC(C(C)(C)C)CC2)c1N. The van der Waals surface area contributed by atoms with Crippen LogP contribution in [0.15, 0.2) is 0 Å². The number of nitrogens with zero attached hydrogens (tertiary/aromatic N) is 1. The van der Waals surface area contributed by atoms with Crippen molar-refractivity contribution >= 4 is 17.4 Å². The summed E-state index contributed by atoms with van der Waals surface area (Å²) in [6.45, 7) is 8.69. The smallest absolute Gasteiger partial charge is 0.228 e. The minimum atomic E-state index is 0.0514. The van der Waals surface area contributed by atoms with Crippen LogP contribution >= 0.6 is 0 Å². The fraction of sp³-hybridized carbons (Fsp3) is 0.733. The summed E-state index contributed by atoms with van der Waals surface area (Å²) in [6, 6.07) is 0. The zero-order chi connectivity index (χ0) is 14.9. The van der Waals surface area contributed by atoms with Gasteiger partial charge in [-0.05, 0) is 43.9 Å². The zero-order valence-electron chi connectivity index (χ0n) is 12.9. The van der Waals surface area contributed by atoms with E-state index in [1.54, 1.807) is 0 Å². The molecule has 1 heterocycles. The Bertz CT molecular complexity index is 479. The molecule has 1 aliphatic carbocycles. The molecule has 5 heteroatoms. The fourth-order valence-corrected chi connectivity index (χ4v) is 2.97. The van der Waals surface area contributed by atoms with Crippen molar-refractivity contribution in [3.8, 4) is 0 Å². The molecular formula is C15H26N4O. The van der Waals surface area contributed by atoms with Crippen LogP contribution < -0.4 is 11.1 Å². The van der Waals surface area contributed by atoms with Gasteiger partial charge >= 0.3 is 0 Å². The van der Waals surface area contributed by atoms with Crippen LogP contribution in [-0.2, 0) is 4.79 Å². The Kier molecular flexibility index (Phi) is 4.06. The molecule has 1 fully saturated rings. The highest BCUT2D eigenvalue weighted by Gasteiger charge is 2.32. The molecule has 1 aromatic heterocycles. The quantitative estimate of drug-likeness (QED) is 0.777. The highest BCUT2D eigenvalue weighted by molar-refractivity contribution is 5.94. The molecule has 1 aliphatic rings. The van der Waals surface area contributed by atoms with Gasteiger partial charge in [-0.15, -0.1) is 0 Å². The molecule has 0 unspecified atom stereocenters. The second kappa shape index (κ2) is 5.46. The molecule has 0 bridgehead atoms. The van der Waals surface area contributed by atoms with Crippen LogP contribution in [0.4, 0.5) is 11.5 Å². The van der Waals surface area contributed by atoms with Crippen LogP contribution in [-0.4, -0.2) is 16.1 Å². The summed E-state index contributed by atoms with van der Waals surface area (Å²) in [5.41, 5.74) is 7.51. The number of anilines is 2. The molecule has 0 spiro atoms. The largest absolute Gasteiger partial charge is 0.394 e. The third-order valence-corrected chi connectivity index (χ3v) is 4.56. The third-order valence-electron chi connectivity index (χ3n) is 4.56. The average molecular weight is 278 g/mol. The molecule has 2 rings (SSSR count). The highest BCUT2D eigenvalue weighted by atomic mass is 16.2. The molecule has 1 aromatic rings. The van der Waals surface area contributed by atoms with Gasteiger partial charge in [-0.1, -0.05) is 20.8 Å². The van der Waals surface area contributed by atoms with E-state index in [0.29, 0.717) is 22.8 Å². The molecule has 0 radical (unpaired) electrons. The fourth-order valence-electron chi connectivity index (χ4n) is 2.97. The predicted octanol–water partition coefficient (Wildman–Crippen LogP) is 3.09. The number of nitrogen functional groups attached to an aromatic ring is 1. The lowest BCUT2D eigenvalue weighted by molar-refractivity contribution is -0.121. The maximum Gasteiger partial charge on any atom is 0.228 e. The van der Waals surface area contributed by atoms with Crippen LogP contribution in [0.5, 0.6) is 0 Å². The number of hydrogen-bond donors (Lipinski definition) is 3. The van der Waals surface area contributed by atoms with Crippen molar-refractivity contribution in [2.45, 2.75) is 53.4 Å². The minimum absolute atomic E-state index is 0.0514. The van der Waals surface area contributed by atoms with Gasteiger partial charge in [0.15, 0.2) is 5.82 Å². The molecule has 1 amide bonds. The van der Waals surface area contributed by atoms with Gasteiger partial charge in [-0.2, -0.15) is 5.10 Å². The van der Waals surface area contributed by atoms with Gasteiger partial charge in [0.25, 0.3) is 0 Å². The summed E-state index contributed by atoms with van der Waals surface area (Å²) in [7, 11) is 0. The maximum absolute atomic E-state index is 12.3. The van der Waals surface area contributed by atoms with Crippen molar-refractivity contribution in [2.75, 3.05) is 11.1 Å². The van der Waals surface area contributed by atoms with E-state index in [0.717, 1.165) is 31.4 Å². The molecule has 20 heavy (non-hydrogen) atoms. The first-order chi connectivity index (χ1) is 9.29. The van der Waals surface area contributed by atoms with Crippen molar-refractivity contribution in [1.82, 2.24) is 10.2 Å². The normalized spacial score (nSPS) is 23.6. The van der Waals surface area contributed by atoms with E-state index in [-0.39, 0.29) is 11.8 Å². The summed E-state index contributed by atoms with van der Waals surface area (Å²) < 4.78 is 0. The number of aryl methyl sites for hydroxylation is 1. The number of rotatable bonds is 2. The van der Waals surface area contributed by atoms with E-state index in [4.69, 9.17) is 5.73 Å². The second-order valence-electron chi connectivity index (χ2n) is 7.01. The zero-order valence-corrected chi connectivity index (χ0v) is 12.9. The Balaban J connectivity index is 1.91. The van der Waals surface area contributed by atoms with Crippen LogP contribution in [0, 0.1) is 24.2 Å². The van der Waals surface area contributed by atoms with Crippen LogP contribution in [0.25, 0.3) is 0 Å². The highest BCUT2D eigenvalue weighted by Crippen LogP contribution is 2.40. The first-order valence-corrected chi connectivity index (χ1v) is 7.40. The van der Waals surface area contributed by atoms with E-state index in [1.807, 2.05) is 6.92 Å². The number of H-pyrrole nitrogens is 1. The molecule has 112 valence electrons. The Morgan fingerprint density at radius 1 is 1.30 bits per heavy atom. The van der Waals surface area contributed by atoms with Crippen molar-refractivity contribution in [3.05, 3.63) is 5.69 Å². The summed E-state index contributed by atoms with van der Waals surface area (Å²) in [4.78, 5) is 12.3. The van der Waals surface area contributed by atoms with Gasteiger partial charge < -0.3 is 11.1 Å². The lowest BCUT2D eigenvalue weighted by Crippen LogP contribution is -2.31. The standard InChI is InChI=1S/C15H26N4O/c1-9-12(16)13(19-18-9)17-14(20)10-5-7-11(8-6-10)15(2,3)4/h10-11H,5-8,16H2,1-4H3,(H2,17,18,19,20). The summed E-state index contributed by atoms with van der Waals surface area (Å²) in [6.07, 6.45) is 4.15. The maximum atomic E-state index is 12.3. The lowest BCUT2D eigenvalue weighted by atomic mass is 9.69. The minimum Gasteiger partial charge on any atom is -0.394 e. The van der Waals surface area contributed by atoms with E-state index in [9.17, 15) is 4.79 Å². The van der Waals surface area contributed by atoms with Gasteiger partial charge in [-0.25, -0.2) is 0 Å². The van der Waals surface area contributed by atoms with Crippen molar-refractivity contribution < 1.29 is 4.79 Å². The number of carbonyl (C=O) groups excluding carboxylic acids is 1. The van der Waals surface area contributed by atoms with E-state index in [2.05, 4.69) is 36.3 Å². The Hall–Kier alpha value is -1.52. The van der Waals surface area contributed by atoms with Gasteiger partial charge in [0, 0.05) is 5.92 Å². The van der Waals surface area contributed by atoms with Gasteiger partial charge in [0.05, 0.1) is 11.4 Å². The topological polar surface area (TPSA) is 83.8 Å². The van der Waals surface area contributed by atoms with Crippen molar-refractivity contribution in [2.24, 2.45) is 17.3 Å². The monoisotopic (exact) mass is 278 g/mol. The van der Waals surface area contributed by atoms with Crippen LogP contribution in [0.3, 0.4) is 0 Å². The Morgan fingerprint density at radius 3 is 2.35 bits per heavy atom. The second-order valence-corrected chi connectivity index (χ2v) is 7.01. The van der Waals surface area contributed by atoms with Crippen LogP contribution in [0.2, 0.25) is 0 Å². The van der Waals surface area contributed by atoms with E-state index >= 15 is 0 Å². The summed E-state index contributed by atoms with van der Waals surface area (Å²) in [5, 5.41) is 9.65. The number of nitrogens with one attached hydrogen (secondary N) is 2. The van der Waals surface area contributed by atoms with Crippen molar-refractivity contribution in [3.63, 3.8) is 0 Å². The Morgan fingerprint density at radius 2 is 1.90 bits per heavy atom. The van der Waals surface area contributed by atoms with Gasteiger partial charge in [0.2, 0.25) is 5.91 Å². The number of aromatic nitrogens is 2. The number of aromatic amines is 1. The van der Waals surface area contributed by atoms with E-state index < -0.39 is 0 Å². The molecule has 4 N–H and O–H groups in total. The average Bonchev–Trinajstić information content (AvgIpc) is 2.70. The number of nitrogens with two attached hydrogens (primary N) is 1. The van der Waals surface area contributed by atoms with Crippen LogP contribution in [0.1, 0.15) is 52.1 Å². The molecule has 1 saturated carbocycles. The van der Waals surface area contributed by atoms with Crippen molar-refractivity contribution in [1.29, 1.82) is 0 Å². The third kappa shape index (κ3) is 3.14. The summed E-state index contributed by atoms with van der Waals surface area (Å²) in [5.74, 6) is 1.32. The molecule has 0 atom stereocenters. The summed E-state index contributed by atoms with van der Waals surface area (Å²) >= 11 is 0. The number of hydrogen-bond acceptors (Lipinski definition) is 3. The first kappa shape index (κ1) is 14.9. The molecule has 0 aliphatic heterocycles. The molecule has 0 aromatic carbocycles. The molecular weight excluding hydrogens is 252 g/mol. The molecule has 0 saturated heterocycles. The van der Waals surface area contributed by atoms with Gasteiger partial charge in [-0.3, -0.25) is 9.89 Å². The van der Waals surface area contributed by atoms with Gasteiger partial charge in [0.1, 0.15) is 0 Å².